The summed E-state index contributed by atoms with van der Waals surface area (Å²) in [6, 6.07) is 42.8. The van der Waals surface area contributed by atoms with Crippen LogP contribution in [-0.4, -0.2) is 112 Å². The molecule has 342 valence electrons. The van der Waals surface area contributed by atoms with Crippen LogP contribution in [0.3, 0.4) is 0 Å². The average molecular weight is 953 g/mol. The molecule has 8 bridgehead atoms. The standard InChI is InChI=1S/C60H46B12N4/c1-53(61)57(65,69-53)29-33-9-5-13-37(25-33)49-41-17-19-43(73-41)50(38-14-6-10-34(26-38)30-58(66)54(2,62)70-58)45-21-23-47(75-45)52(40-16-8-12-36(28-40)32-60(68)56(4,64)72-60)48-24-22-46(76-48)51(44-20-18-42(49)74-44)39-15-7-11-35(27-39)31-59(67)55(3,63)71-59/h5-28,73,76H,29-32H2,1-4H3. The Morgan fingerprint density at radius 3 is 0.750 bits per heavy atom. The van der Waals surface area contributed by atoms with E-state index in [1.807, 2.05) is 56.8 Å². The Balaban J connectivity index is 1.08. The van der Waals surface area contributed by atoms with E-state index in [1.54, 1.807) is 0 Å². The molecule has 20 radical (unpaired) electrons. The lowest BCUT2D eigenvalue weighted by molar-refractivity contribution is 0.787. The summed E-state index contributed by atoms with van der Waals surface area (Å²) in [4.78, 5) is 19.0. The summed E-state index contributed by atoms with van der Waals surface area (Å²) in [5, 5.41) is -4.64. The molecule has 0 saturated carbocycles. The molecule has 13 rings (SSSR count). The van der Waals surface area contributed by atoms with Crippen molar-refractivity contribution < 1.29 is 0 Å². The average Bonchev–Trinajstić information content (AvgIpc) is 3.98. The van der Waals surface area contributed by atoms with Gasteiger partial charge in [0.1, 0.15) is 29.1 Å². The van der Waals surface area contributed by atoms with Crippen LogP contribution >= 0.6 is 0 Å². The van der Waals surface area contributed by atoms with E-state index >= 15 is 0 Å². The van der Waals surface area contributed by atoms with Gasteiger partial charge in [-0.25, -0.2) is 9.97 Å². The topological polar surface area (TPSA) is 57.4 Å². The molecule has 4 fully saturated rings. The number of rotatable bonds is 12. The number of fused-ring (bicyclic) bond motifs is 8. The first-order valence-corrected chi connectivity index (χ1v) is 26.3. The van der Waals surface area contributed by atoms with E-state index in [4.69, 9.17) is 72.7 Å². The van der Waals surface area contributed by atoms with Crippen molar-refractivity contribution in [1.82, 2.24) is 19.9 Å². The number of H-pyrrole nitrogens is 2. The van der Waals surface area contributed by atoms with Gasteiger partial charge in [0, 0.05) is 44.3 Å². The molecule has 0 amide bonds. The van der Waals surface area contributed by atoms with Crippen molar-refractivity contribution >= 4 is 138 Å². The summed E-state index contributed by atoms with van der Waals surface area (Å²) in [5.74, 6) is 0. The maximum absolute atomic E-state index is 6.84. The van der Waals surface area contributed by atoms with E-state index in [2.05, 4.69) is 156 Å². The highest BCUT2D eigenvalue weighted by Crippen LogP contribution is 2.67. The van der Waals surface area contributed by atoms with E-state index in [0.717, 1.165) is 112 Å². The van der Waals surface area contributed by atoms with Gasteiger partial charge in [-0.15, -0.1) is 20.9 Å². The Morgan fingerprint density at radius 1 is 0.342 bits per heavy atom. The van der Waals surface area contributed by atoms with Gasteiger partial charge in [-0.05, 0) is 119 Å². The number of hydrogen-bond acceptors (Lipinski definition) is 2. The molecule has 7 aromatic rings. The van der Waals surface area contributed by atoms with Crippen molar-refractivity contribution in [3.8, 4) is 44.5 Å². The van der Waals surface area contributed by atoms with E-state index < -0.39 is 41.7 Å². The SMILES string of the molecule is [B]C1(C)[B]C1([B])Cc1cccc(-c2c3nc(c(-c4cccc(CC5([B])[B]C5([B])C)c4)c4ccc([nH]4)c(-c4cccc(CC5([B])[B]C5([B])C)c4)c4nc(c(-c5cccc(CC6([B])[B]C6([B])C)c5)c5ccc2[nH]5)C=C4)C=C3)c1. The van der Waals surface area contributed by atoms with Gasteiger partial charge >= 0.3 is 0 Å². The van der Waals surface area contributed by atoms with Crippen molar-refractivity contribution in [2.24, 2.45) is 0 Å². The molecule has 6 aliphatic heterocycles. The van der Waals surface area contributed by atoms with E-state index in [-0.39, 0.29) is 0 Å². The highest BCUT2D eigenvalue weighted by Gasteiger charge is 2.58. The number of benzene rings is 4. The second-order valence-corrected chi connectivity index (χ2v) is 23.9. The normalized spacial score (nSPS) is 30.2. The predicted octanol–water partition coefficient (Wildman–Crippen LogP) is 10.7. The number of hydrogen-bond donors (Lipinski definition) is 2. The first kappa shape index (κ1) is 49.8. The predicted molar refractivity (Wildman–Crippen MR) is 329 cm³/mol. The van der Waals surface area contributed by atoms with Crippen LogP contribution in [0.5, 0.6) is 0 Å². The van der Waals surface area contributed by atoms with Crippen LogP contribution in [0.2, 0.25) is 41.7 Å². The van der Waals surface area contributed by atoms with Crippen LogP contribution in [0.1, 0.15) is 72.7 Å². The van der Waals surface area contributed by atoms with Crippen LogP contribution in [0.25, 0.3) is 90.9 Å². The molecule has 0 spiro atoms. The van der Waals surface area contributed by atoms with Gasteiger partial charge < -0.3 is 9.97 Å². The van der Waals surface area contributed by atoms with Gasteiger partial charge in [0.2, 0.25) is 0 Å². The fourth-order valence-corrected chi connectivity index (χ4v) is 12.1. The lowest BCUT2D eigenvalue weighted by atomic mass is 9.64. The molecular weight excluding hydrogens is 906 g/mol. The number of aromatic amines is 2. The molecule has 0 aliphatic carbocycles. The maximum Gasteiger partial charge on any atom is 0.102 e. The fourth-order valence-electron chi connectivity index (χ4n) is 12.1. The molecule has 4 saturated heterocycles. The smallest absolute Gasteiger partial charge is 0.102 e. The molecule has 76 heavy (non-hydrogen) atoms. The Kier molecular flexibility index (Phi) is 11.1. The van der Waals surface area contributed by atoms with Crippen LogP contribution in [-0.2, 0) is 25.7 Å². The molecule has 16 heteroatoms. The molecule has 2 N–H and O–H groups in total. The summed E-state index contributed by atoms with van der Waals surface area (Å²) >= 11 is 0. The third-order valence-electron chi connectivity index (χ3n) is 17.5. The molecule has 9 heterocycles. The van der Waals surface area contributed by atoms with Crippen LogP contribution in [0, 0.1) is 0 Å². The minimum absolute atomic E-state index is 0.552. The Hall–Kier alpha value is -5.74. The summed E-state index contributed by atoms with van der Waals surface area (Å²) < 4.78 is 0. The molecule has 8 unspecified atom stereocenters. The molecular formula is C60H46B12N4. The van der Waals surface area contributed by atoms with Crippen LogP contribution < -0.4 is 0 Å². The number of nitrogens with zero attached hydrogens (tertiary/aromatic N) is 2. The third kappa shape index (κ3) is 8.53. The van der Waals surface area contributed by atoms with E-state index in [1.165, 1.54) is 0 Å². The van der Waals surface area contributed by atoms with E-state index in [0.29, 0.717) is 25.7 Å². The molecule has 8 atom stereocenters. The zero-order valence-electron chi connectivity index (χ0n) is 43.5. The largest absolute Gasteiger partial charge is 0.354 e. The van der Waals surface area contributed by atoms with Gasteiger partial charge in [0.25, 0.3) is 0 Å². The van der Waals surface area contributed by atoms with Gasteiger partial charge in [-0.1, -0.05) is 146 Å². The minimum atomic E-state index is -0.609. The molecule has 4 aromatic carbocycles. The monoisotopic (exact) mass is 954 g/mol. The van der Waals surface area contributed by atoms with Gasteiger partial charge in [0.05, 0.1) is 85.5 Å². The van der Waals surface area contributed by atoms with Crippen molar-refractivity contribution in [2.75, 3.05) is 0 Å². The lowest BCUT2D eigenvalue weighted by Gasteiger charge is -2.18. The van der Waals surface area contributed by atoms with Crippen molar-refractivity contribution in [3.63, 3.8) is 0 Å². The first-order chi connectivity index (χ1) is 35.9. The fraction of sp³-hybridized carbons (Fsp3) is 0.267. The molecule has 3 aromatic heterocycles. The number of nitrogens with one attached hydrogen (secondary N) is 2. The minimum Gasteiger partial charge on any atom is -0.354 e. The first-order valence-electron chi connectivity index (χ1n) is 26.3. The second-order valence-electron chi connectivity index (χ2n) is 23.9. The van der Waals surface area contributed by atoms with Crippen molar-refractivity contribution in [3.05, 3.63) is 166 Å². The molecule has 6 aliphatic rings. The second kappa shape index (κ2) is 16.9. The summed E-state index contributed by atoms with van der Waals surface area (Å²) in [7, 11) is 61.7. The van der Waals surface area contributed by atoms with Gasteiger partial charge in [0.15, 0.2) is 0 Å². The maximum atomic E-state index is 6.84. The van der Waals surface area contributed by atoms with Gasteiger partial charge in [-0.3, -0.25) is 0 Å². The highest BCUT2D eigenvalue weighted by molar-refractivity contribution is 6.82. The zero-order valence-corrected chi connectivity index (χ0v) is 43.5. The summed E-state index contributed by atoms with van der Waals surface area (Å²) in [5.41, 5.74) is 18.7. The summed E-state index contributed by atoms with van der Waals surface area (Å²) in [6.07, 6.45) is 10.9. The highest BCUT2D eigenvalue weighted by atomic mass is 14.8. The number of aromatic nitrogens is 4. The lowest BCUT2D eigenvalue weighted by Crippen LogP contribution is -2.04. The van der Waals surface area contributed by atoms with Crippen molar-refractivity contribution in [1.29, 1.82) is 0 Å². The van der Waals surface area contributed by atoms with Crippen LogP contribution in [0.15, 0.2) is 121 Å². The van der Waals surface area contributed by atoms with E-state index in [9.17, 15) is 0 Å². The zero-order chi connectivity index (χ0) is 53.0. The third-order valence-corrected chi connectivity index (χ3v) is 17.5. The Morgan fingerprint density at radius 2 is 0.553 bits per heavy atom. The molecule has 4 nitrogen and oxygen atoms in total. The van der Waals surface area contributed by atoms with Crippen molar-refractivity contribution in [2.45, 2.75) is 95.1 Å². The van der Waals surface area contributed by atoms with Crippen LogP contribution in [0.4, 0.5) is 0 Å². The Labute approximate surface area is 461 Å². The quantitative estimate of drug-likeness (QED) is 0.120. The summed E-state index contributed by atoms with van der Waals surface area (Å²) in [6.45, 7) is 7.92. The van der Waals surface area contributed by atoms with Gasteiger partial charge in [-0.2, -0.15) is 0 Å². The Bertz CT molecular complexity index is 3370.